The minimum Gasteiger partial charge on any atom is -0.339 e. The number of nitrogens with two attached hydrogens (primary N) is 1. The molecule has 1 heterocycles. The van der Waals surface area contributed by atoms with Gasteiger partial charge in [-0.05, 0) is 49.2 Å². The number of benzene rings is 2. The summed E-state index contributed by atoms with van der Waals surface area (Å²) in [4.78, 5) is 26.7. The molecular weight excluding hydrogens is 402 g/mol. The normalized spacial score (nSPS) is 15.3. The van der Waals surface area contributed by atoms with Crippen LogP contribution in [0.2, 0.25) is 5.02 Å². The highest BCUT2D eigenvalue weighted by atomic mass is 35.5. The Labute approximate surface area is 168 Å². The number of amides is 2. The van der Waals surface area contributed by atoms with E-state index in [2.05, 4.69) is 5.32 Å². The summed E-state index contributed by atoms with van der Waals surface area (Å²) < 4.78 is 22.5. The molecule has 0 spiro atoms. The number of sulfonamides is 1. The summed E-state index contributed by atoms with van der Waals surface area (Å²) in [5.74, 6) is -0.524. The summed E-state index contributed by atoms with van der Waals surface area (Å²) in [5.41, 5.74) is 0.953. The number of carbonyl (C=O) groups is 2. The van der Waals surface area contributed by atoms with Crippen LogP contribution in [-0.4, -0.2) is 38.2 Å². The van der Waals surface area contributed by atoms with Crippen molar-refractivity contribution in [2.24, 2.45) is 11.1 Å². The van der Waals surface area contributed by atoms with E-state index in [4.69, 9.17) is 16.7 Å². The fraction of sp³-hybridized carbons (Fsp3) is 0.263. The third-order valence-corrected chi connectivity index (χ3v) is 5.97. The van der Waals surface area contributed by atoms with Crippen molar-refractivity contribution >= 4 is 39.1 Å². The Hall–Kier alpha value is -2.42. The number of hydrogen-bond donors (Lipinski definition) is 2. The second-order valence-electron chi connectivity index (χ2n) is 6.60. The van der Waals surface area contributed by atoms with Crippen molar-refractivity contribution in [3.8, 4) is 0 Å². The number of primary sulfonamides is 1. The van der Waals surface area contributed by atoms with Gasteiger partial charge in [-0.1, -0.05) is 23.7 Å². The third-order valence-electron chi connectivity index (χ3n) is 4.71. The number of piperidine rings is 1. The average molecular weight is 422 g/mol. The molecule has 2 amide bonds. The van der Waals surface area contributed by atoms with E-state index in [0.717, 1.165) is 0 Å². The van der Waals surface area contributed by atoms with Gasteiger partial charge in [0, 0.05) is 24.7 Å². The van der Waals surface area contributed by atoms with Gasteiger partial charge in [0.15, 0.2) is 0 Å². The van der Waals surface area contributed by atoms with Gasteiger partial charge in [0.05, 0.1) is 15.5 Å². The summed E-state index contributed by atoms with van der Waals surface area (Å²) in [6.45, 7) is 0.930. The minimum atomic E-state index is -3.77. The maximum Gasteiger partial charge on any atom is 0.255 e. The van der Waals surface area contributed by atoms with Crippen LogP contribution in [0.5, 0.6) is 0 Å². The second kappa shape index (κ2) is 8.30. The van der Waals surface area contributed by atoms with E-state index >= 15 is 0 Å². The number of halogens is 1. The van der Waals surface area contributed by atoms with Gasteiger partial charge in [0.25, 0.3) is 5.91 Å². The van der Waals surface area contributed by atoms with E-state index in [1.807, 2.05) is 0 Å². The van der Waals surface area contributed by atoms with Crippen molar-refractivity contribution in [2.75, 3.05) is 18.4 Å². The topological polar surface area (TPSA) is 110 Å². The van der Waals surface area contributed by atoms with E-state index in [9.17, 15) is 18.0 Å². The van der Waals surface area contributed by atoms with Crippen molar-refractivity contribution in [3.63, 3.8) is 0 Å². The van der Waals surface area contributed by atoms with Crippen LogP contribution in [-0.2, 0) is 14.8 Å². The molecule has 28 heavy (non-hydrogen) atoms. The molecule has 0 bridgehead atoms. The first kappa shape index (κ1) is 20.3. The van der Waals surface area contributed by atoms with E-state index in [0.29, 0.717) is 42.2 Å². The summed E-state index contributed by atoms with van der Waals surface area (Å²) in [6.07, 6.45) is 1.08. The molecule has 0 saturated carbocycles. The Bertz CT molecular complexity index is 984. The SMILES string of the molecule is NS(=O)(=O)c1ccc(NC(=O)C2CCN(C(=O)c3ccccc3Cl)CC2)cc1. The summed E-state index contributed by atoms with van der Waals surface area (Å²) in [6, 6.07) is 12.6. The van der Waals surface area contributed by atoms with Crippen LogP contribution >= 0.6 is 11.6 Å². The fourth-order valence-corrected chi connectivity index (χ4v) is 3.85. The van der Waals surface area contributed by atoms with E-state index in [1.165, 1.54) is 24.3 Å². The first-order valence-electron chi connectivity index (χ1n) is 8.73. The molecule has 2 aromatic rings. The molecule has 1 aliphatic heterocycles. The van der Waals surface area contributed by atoms with Crippen molar-refractivity contribution in [1.29, 1.82) is 0 Å². The maximum absolute atomic E-state index is 12.6. The van der Waals surface area contributed by atoms with Crippen LogP contribution in [0.1, 0.15) is 23.2 Å². The molecule has 0 aromatic heterocycles. The molecule has 3 rings (SSSR count). The van der Waals surface area contributed by atoms with Crippen LogP contribution < -0.4 is 10.5 Å². The lowest BCUT2D eigenvalue weighted by molar-refractivity contribution is -0.121. The lowest BCUT2D eigenvalue weighted by Crippen LogP contribution is -2.41. The zero-order chi connectivity index (χ0) is 20.3. The highest BCUT2D eigenvalue weighted by molar-refractivity contribution is 7.89. The zero-order valence-electron chi connectivity index (χ0n) is 15.0. The fourth-order valence-electron chi connectivity index (χ4n) is 3.12. The molecule has 148 valence electrons. The number of hydrogen-bond acceptors (Lipinski definition) is 4. The van der Waals surface area contributed by atoms with Gasteiger partial charge in [0.1, 0.15) is 0 Å². The van der Waals surface area contributed by atoms with Crippen LogP contribution in [0.3, 0.4) is 0 Å². The first-order chi connectivity index (χ1) is 13.3. The summed E-state index contributed by atoms with van der Waals surface area (Å²) in [7, 11) is -3.77. The number of rotatable bonds is 4. The van der Waals surface area contributed by atoms with E-state index in [1.54, 1.807) is 29.2 Å². The molecule has 0 unspecified atom stereocenters. The first-order valence-corrected chi connectivity index (χ1v) is 10.7. The maximum atomic E-state index is 12.6. The Morgan fingerprint density at radius 2 is 1.64 bits per heavy atom. The Balaban J connectivity index is 1.57. The predicted molar refractivity (Wildman–Crippen MR) is 107 cm³/mol. The molecule has 2 aromatic carbocycles. The lowest BCUT2D eigenvalue weighted by atomic mass is 9.95. The smallest absolute Gasteiger partial charge is 0.255 e. The van der Waals surface area contributed by atoms with Gasteiger partial charge in [-0.2, -0.15) is 0 Å². The van der Waals surface area contributed by atoms with E-state index < -0.39 is 10.0 Å². The number of carbonyl (C=O) groups excluding carboxylic acids is 2. The molecule has 0 atom stereocenters. The molecule has 1 saturated heterocycles. The Kier molecular flexibility index (Phi) is 6.02. The number of nitrogens with zero attached hydrogens (tertiary/aromatic N) is 1. The van der Waals surface area contributed by atoms with Crippen molar-refractivity contribution < 1.29 is 18.0 Å². The molecule has 0 aliphatic carbocycles. The van der Waals surface area contributed by atoms with Crippen molar-refractivity contribution in [1.82, 2.24) is 4.90 Å². The quantitative estimate of drug-likeness (QED) is 0.790. The minimum absolute atomic E-state index is 0.0168. The molecule has 9 heteroatoms. The highest BCUT2D eigenvalue weighted by Crippen LogP contribution is 2.23. The highest BCUT2D eigenvalue weighted by Gasteiger charge is 2.28. The predicted octanol–water partition coefficient (Wildman–Crippen LogP) is 2.48. The van der Waals surface area contributed by atoms with Gasteiger partial charge in [-0.15, -0.1) is 0 Å². The molecule has 1 fully saturated rings. The molecule has 1 aliphatic rings. The monoisotopic (exact) mass is 421 g/mol. The van der Waals surface area contributed by atoms with E-state index in [-0.39, 0.29) is 22.6 Å². The summed E-state index contributed by atoms with van der Waals surface area (Å²) in [5, 5.41) is 8.25. The van der Waals surface area contributed by atoms with Crippen LogP contribution in [0, 0.1) is 5.92 Å². The Morgan fingerprint density at radius 1 is 1.04 bits per heavy atom. The Morgan fingerprint density at radius 3 is 2.21 bits per heavy atom. The number of likely N-dealkylation sites (tertiary alicyclic amines) is 1. The van der Waals surface area contributed by atoms with Crippen molar-refractivity contribution in [2.45, 2.75) is 17.7 Å². The van der Waals surface area contributed by atoms with Crippen molar-refractivity contribution in [3.05, 3.63) is 59.1 Å². The molecular formula is C19H20ClN3O4S. The van der Waals surface area contributed by atoms with Crippen LogP contribution in [0.4, 0.5) is 5.69 Å². The second-order valence-corrected chi connectivity index (χ2v) is 8.57. The third kappa shape index (κ3) is 4.70. The van der Waals surface area contributed by atoms with Gasteiger partial charge in [-0.25, -0.2) is 13.6 Å². The van der Waals surface area contributed by atoms with Gasteiger partial charge in [-0.3, -0.25) is 9.59 Å². The van der Waals surface area contributed by atoms with Gasteiger partial charge < -0.3 is 10.2 Å². The largest absolute Gasteiger partial charge is 0.339 e. The van der Waals surface area contributed by atoms with Gasteiger partial charge >= 0.3 is 0 Å². The molecule has 3 N–H and O–H groups in total. The average Bonchev–Trinajstić information content (AvgIpc) is 2.67. The van der Waals surface area contributed by atoms with Gasteiger partial charge in [0.2, 0.25) is 15.9 Å². The molecule has 7 nitrogen and oxygen atoms in total. The standard InChI is InChI=1S/C19H20ClN3O4S/c20-17-4-2-1-3-16(17)19(25)23-11-9-13(10-12-23)18(24)22-14-5-7-15(8-6-14)28(21,26)27/h1-8,13H,9-12H2,(H,22,24)(H2,21,26,27). The number of anilines is 1. The molecule has 0 radical (unpaired) electrons. The number of nitrogens with one attached hydrogen (secondary N) is 1. The zero-order valence-corrected chi connectivity index (χ0v) is 16.5. The van der Waals surface area contributed by atoms with Crippen LogP contribution in [0.15, 0.2) is 53.4 Å². The van der Waals surface area contributed by atoms with Crippen LogP contribution in [0.25, 0.3) is 0 Å². The lowest BCUT2D eigenvalue weighted by Gasteiger charge is -2.31. The summed E-state index contributed by atoms with van der Waals surface area (Å²) >= 11 is 6.09.